The lowest BCUT2D eigenvalue weighted by molar-refractivity contribution is -0.00000923. The van der Waals surface area contributed by atoms with E-state index in [-0.39, 0.29) is 12.4 Å². The molecule has 3 nitrogen and oxygen atoms in total. The Morgan fingerprint density at radius 3 is 2.16 bits per heavy atom. The van der Waals surface area contributed by atoms with Gasteiger partial charge in [0.2, 0.25) is 0 Å². The van der Waals surface area contributed by atoms with Gasteiger partial charge in [-0.2, -0.15) is 0 Å². The number of aliphatic hydroxyl groups excluding tert-OH is 1. The summed E-state index contributed by atoms with van der Waals surface area (Å²) in [6.45, 7) is 3.17. The summed E-state index contributed by atoms with van der Waals surface area (Å²) in [4.78, 5) is 0. The summed E-state index contributed by atoms with van der Waals surface area (Å²) in [6, 6.07) is 34.2. The van der Waals surface area contributed by atoms with Crippen molar-refractivity contribution in [3.63, 3.8) is 0 Å². The third kappa shape index (κ3) is 5.00. The van der Waals surface area contributed by atoms with Crippen molar-refractivity contribution in [1.82, 2.24) is 9.88 Å². The number of hydrogen-bond acceptors (Lipinski definition) is 2. The molecule has 6 rings (SSSR count). The standard InChI is InChI=1S/C34H32N2O.ClH/c1-24-16-19-28(20-17-24)35-22-29(37)23-36-33(27-13-6-3-7-14-27)32(26-11-4-2-5-12-26)31-21-18-25-10-8-9-15-30(25)34(31)36;/h2-16,18-19,21,29,35,37H,17,20,22-23H2,1H3;1H/p-1. The van der Waals surface area contributed by atoms with Crippen LogP contribution in [0.1, 0.15) is 19.8 Å². The van der Waals surface area contributed by atoms with E-state index in [1.807, 2.05) is 0 Å². The molecule has 4 aromatic carbocycles. The van der Waals surface area contributed by atoms with E-state index >= 15 is 0 Å². The maximum absolute atomic E-state index is 11.3. The third-order valence-electron chi connectivity index (χ3n) is 7.37. The van der Waals surface area contributed by atoms with Gasteiger partial charge in [-0.15, -0.1) is 0 Å². The Balaban J connectivity index is 0.00000294. The summed E-state index contributed by atoms with van der Waals surface area (Å²) in [7, 11) is 0. The van der Waals surface area contributed by atoms with Crippen LogP contribution in [-0.4, -0.2) is 22.3 Å². The van der Waals surface area contributed by atoms with Crippen molar-refractivity contribution in [3.8, 4) is 22.4 Å². The van der Waals surface area contributed by atoms with Crippen LogP contribution in [0.5, 0.6) is 0 Å². The molecule has 0 saturated heterocycles. The molecule has 1 atom stereocenters. The van der Waals surface area contributed by atoms with Crippen LogP contribution in [0, 0.1) is 0 Å². The van der Waals surface area contributed by atoms with Crippen LogP contribution >= 0.6 is 0 Å². The second kappa shape index (κ2) is 11.3. The van der Waals surface area contributed by atoms with Gasteiger partial charge in [-0.1, -0.05) is 109 Å². The molecule has 4 heteroatoms. The zero-order valence-corrected chi connectivity index (χ0v) is 22.3. The molecule has 1 aliphatic carbocycles. The summed E-state index contributed by atoms with van der Waals surface area (Å²) in [5, 5.41) is 18.5. The Morgan fingerprint density at radius 1 is 0.763 bits per heavy atom. The smallest absolute Gasteiger partial charge is 0.0891 e. The second-order valence-corrected chi connectivity index (χ2v) is 9.99. The van der Waals surface area contributed by atoms with Crippen LogP contribution in [0.15, 0.2) is 120 Å². The minimum absolute atomic E-state index is 0. The van der Waals surface area contributed by atoms with Gasteiger partial charge in [0, 0.05) is 28.6 Å². The van der Waals surface area contributed by atoms with E-state index in [0.717, 1.165) is 24.1 Å². The lowest BCUT2D eigenvalue weighted by atomic mass is 9.97. The fraction of sp³-hybridized carbons (Fsp3) is 0.176. The molecule has 38 heavy (non-hydrogen) atoms. The molecular formula is C34H32ClN2O-. The van der Waals surface area contributed by atoms with E-state index in [0.29, 0.717) is 13.1 Å². The molecule has 192 valence electrons. The third-order valence-corrected chi connectivity index (χ3v) is 7.37. The molecular weight excluding hydrogens is 488 g/mol. The van der Waals surface area contributed by atoms with Gasteiger partial charge in [-0.3, -0.25) is 0 Å². The SMILES string of the molecule is CC1=CC=C(NCC(O)Cn2c(-c3ccccc3)c(-c3ccccc3)c3ccc4ccccc4c32)CC1.[Cl-]. The number of hydrogen-bond donors (Lipinski definition) is 2. The zero-order chi connectivity index (χ0) is 25.2. The monoisotopic (exact) mass is 519 g/mol. The fourth-order valence-corrected chi connectivity index (χ4v) is 5.51. The maximum Gasteiger partial charge on any atom is 0.0891 e. The van der Waals surface area contributed by atoms with Gasteiger partial charge in [0.15, 0.2) is 0 Å². The first kappa shape index (κ1) is 25.8. The van der Waals surface area contributed by atoms with E-state index < -0.39 is 6.10 Å². The van der Waals surface area contributed by atoms with Crippen molar-refractivity contribution in [2.45, 2.75) is 32.4 Å². The first-order chi connectivity index (χ1) is 18.2. The highest BCUT2D eigenvalue weighted by atomic mass is 35.5. The number of nitrogens with zero attached hydrogens (tertiary/aromatic N) is 1. The van der Waals surface area contributed by atoms with E-state index in [2.05, 4.69) is 126 Å². The van der Waals surface area contributed by atoms with Crippen molar-refractivity contribution in [3.05, 3.63) is 120 Å². The van der Waals surface area contributed by atoms with Gasteiger partial charge in [-0.25, -0.2) is 0 Å². The Bertz CT molecular complexity index is 1620. The molecule has 1 unspecified atom stereocenters. The van der Waals surface area contributed by atoms with E-state index in [9.17, 15) is 5.11 Å². The van der Waals surface area contributed by atoms with Crippen molar-refractivity contribution in [2.75, 3.05) is 6.54 Å². The van der Waals surface area contributed by atoms with Crippen molar-refractivity contribution in [1.29, 1.82) is 0 Å². The second-order valence-electron chi connectivity index (χ2n) is 9.99. The molecule has 5 aromatic rings. The quantitative estimate of drug-likeness (QED) is 0.327. The van der Waals surface area contributed by atoms with Gasteiger partial charge in [0.05, 0.1) is 23.9 Å². The Morgan fingerprint density at radius 2 is 1.45 bits per heavy atom. The van der Waals surface area contributed by atoms with Crippen molar-refractivity contribution < 1.29 is 17.5 Å². The lowest BCUT2D eigenvalue weighted by Gasteiger charge is -2.20. The molecule has 0 spiro atoms. The van der Waals surface area contributed by atoms with E-state index in [1.165, 1.54) is 44.1 Å². The summed E-state index contributed by atoms with van der Waals surface area (Å²) in [5.74, 6) is 0. The number of aliphatic hydroxyl groups is 1. The zero-order valence-electron chi connectivity index (χ0n) is 21.6. The molecule has 1 aromatic heterocycles. The van der Waals surface area contributed by atoms with Crippen molar-refractivity contribution >= 4 is 21.7 Å². The summed E-state index contributed by atoms with van der Waals surface area (Å²) in [6.07, 6.45) is 5.84. The number of allylic oxidation sites excluding steroid dienone is 4. The molecule has 1 heterocycles. The summed E-state index contributed by atoms with van der Waals surface area (Å²) in [5.41, 5.74) is 8.46. The number of nitrogens with one attached hydrogen (secondary N) is 1. The summed E-state index contributed by atoms with van der Waals surface area (Å²) >= 11 is 0. The van der Waals surface area contributed by atoms with Gasteiger partial charge in [0.25, 0.3) is 0 Å². The van der Waals surface area contributed by atoms with Gasteiger partial charge in [0.1, 0.15) is 0 Å². The highest BCUT2D eigenvalue weighted by molar-refractivity contribution is 6.15. The average molecular weight is 520 g/mol. The minimum Gasteiger partial charge on any atom is -1.00 e. The van der Waals surface area contributed by atoms with E-state index in [1.54, 1.807) is 0 Å². The Kier molecular flexibility index (Phi) is 7.69. The number of aromatic nitrogens is 1. The number of benzene rings is 4. The fourth-order valence-electron chi connectivity index (χ4n) is 5.51. The highest BCUT2D eigenvalue weighted by Gasteiger charge is 2.23. The van der Waals surface area contributed by atoms with Gasteiger partial charge in [-0.05, 0) is 42.4 Å². The molecule has 0 bridgehead atoms. The molecule has 0 aliphatic heterocycles. The minimum atomic E-state index is -0.548. The molecule has 0 fully saturated rings. The van der Waals surface area contributed by atoms with Crippen LogP contribution in [0.25, 0.3) is 44.1 Å². The van der Waals surface area contributed by atoms with Crippen LogP contribution in [0.4, 0.5) is 0 Å². The first-order valence-electron chi connectivity index (χ1n) is 13.1. The van der Waals surface area contributed by atoms with Gasteiger partial charge < -0.3 is 27.4 Å². The Labute approximate surface area is 230 Å². The van der Waals surface area contributed by atoms with E-state index in [4.69, 9.17) is 0 Å². The average Bonchev–Trinajstić information content (AvgIpc) is 3.28. The molecule has 2 N–H and O–H groups in total. The van der Waals surface area contributed by atoms with Crippen LogP contribution < -0.4 is 17.7 Å². The predicted molar refractivity (Wildman–Crippen MR) is 155 cm³/mol. The number of fused-ring (bicyclic) bond motifs is 3. The molecule has 0 radical (unpaired) electrons. The highest BCUT2D eigenvalue weighted by Crippen LogP contribution is 2.43. The Hall–Kier alpha value is -3.79. The maximum atomic E-state index is 11.3. The summed E-state index contributed by atoms with van der Waals surface area (Å²) < 4.78 is 2.35. The van der Waals surface area contributed by atoms with Gasteiger partial charge >= 0.3 is 0 Å². The lowest BCUT2D eigenvalue weighted by Crippen LogP contribution is -3.00. The first-order valence-corrected chi connectivity index (χ1v) is 13.1. The predicted octanol–water partition coefficient (Wildman–Crippen LogP) is 4.71. The molecule has 0 amide bonds. The number of rotatable bonds is 7. The topological polar surface area (TPSA) is 37.2 Å². The number of halogens is 1. The van der Waals surface area contributed by atoms with Crippen molar-refractivity contribution in [2.24, 2.45) is 0 Å². The molecule has 0 saturated carbocycles. The molecule has 1 aliphatic rings. The largest absolute Gasteiger partial charge is 1.00 e. The normalized spacial score (nSPS) is 14.1. The van der Waals surface area contributed by atoms with Crippen LogP contribution in [0.3, 0.4) is 0 Å². The van der Waals surface area contributed by atoms with Crippen LogP contribution in [-0.2, 0) is 6.54 Å². The van der Waals surface area contributed by atoms with Crippen LogP contribution in [0.2, 0.25) is 0 Å².